The minimum atomic E-state index is -0.00214. The summed E-state index contributed by atoms with van der Waals surface area (Å²) in [5.41, 5.74) is 4.84. The van der Waals surface area contributed by atoms with E-state index in [1.165, 1.54) is 0 Å². The molecule has 0 aromatic heterocycles. The zero-order valence-electron chi connectivity index (χ0n) is 17.2. The number of anilines is 1. The first kappa shape index (κ1) is 18.9. The van der Waals surface area contributed by atoms with Crippen molar-refractivity contribution < 1.29 is 9.53 Å². The standard InChI is InChI=1S/C26H26N2O2/c1-18-15-21(20-11-13-27-14-12-20)25-22(16-18)26(29)28(17-19-7-3-2-4-8-19)23-9-5-6-10-24(23)30-25/h2-10,15-16,20,27H,11-14,17H2,1H3. The molecule has 2 aliphatic heterocycles. The normalized spacial score (nSPS) is 16.4. The number of rotatable bonds is 3. The number of benzene rings is 3. The van der Waals surface area contributed by atoms with Crippen molar-refractivity contribution in [3.63, 3.8) is 0 Å². The summed E-state index contributed by atoms with van der Waals surface area (Å²) in [4.78, 5) is 15.7. The van der Waals surface area contributed by atoms with Gasteiger partial charge in [-0.25, -0.2) is 0 Å². The summed E-state index contributed by atoms with van der Waals surface area (Å²) in [6.45, 7) is 4.57. The second-order valence-electron chi connectivity index (χ2n) is 8.20. The minimum absolute atomic E-state index is 0.00214. The number of nitrogens with zero attached hydrogens (tertiary/aromatic N) is 1. The van der Waals surface area contributed by atoms with Crippen LogP contribution in [0.1, 0.15) is 45.8 Å². The highest BCUT2D eigenvalue weighted by molar-refractivity contribution is 6.10. The van der Waals surface area contributed by atoms with E-state index in [1.54, 1.807) is 0 Å². The van der Waals surface area contributed by atoms with Crippen LogP contribution < -0.4 is 15.0 Å². The maximum absolute atomic E-state index is 13.8. The van der Waals surface area contributed by atoms with Gasteiger partial charge in [0.1, 0.15) is 5.75 Å². The van der Waals surface area contributed by atoms with Crippen LogP contribution in [-0.4, -0.2) is 19.0 Å². The van der Waals surface area contributed by atoms with Gasteiger partial charge in [-0.05, 0) is 73.7 Å². The van der Waals surface area contributed by atoms with Crippen molar-refractivity contribution >= 4 is 11.6 Å². The molecule has 1 amide bonds. The quantitative estimate of drug-likeness (QED) is 0.641. The lowest BCUT2D eigenvalue weighted by molar-refractivity contribution is 0.0985. The monoisotopic (exact) mass is 398 g/mol. The van der Waals surface area contributed by atoms with Crippen LogP contribution >= 0.6 is 0 Å². The Kier molecular flexibility index (Phi) is 5.01. The molecule has 0 atom stereocenters. The van der Waals surface area contributed by atoms with Crippen molar-refractivity contribution in [1.82, 2.24) is 5.32 Å². The van der Waals surface area contributed by atoms with E-state index in [2.05, 4.69) is 30.4 Å². The van der Waals surface area contributed by atoms with Gasteiger partial charge in [0.2, 0.25) is 0 Å². The third-order valence-corrected chi connectivity index (χ3v) is 6.07. The smallest absolute Gasteiger partial charge is 0.262 e. The molecule has 5 rings (SSSR count). The van der Waals surface area contributed by atoms with Crippen molar-refractivity contribution in [2.75, 3.05) is 18.0 Å². The molecular formula is C26H26N2O2. The predicted octanol–water partition coefficient (Wildman–Crippen LogP) is 5.41. The van der Waals surface area contributed by atoms with Crippen molar-refractivity contribution in [2.45, 2.75) is 32.2 Å². The van der Waals surface area contributed by atoms with Crippen molar-refractivity contribution in [3.8, 4) is 11.5 Å². The number of fused-ring (bicyclic) bond motifs is 2. The van der Waals surface area contributed by atoms with E-state index in [0.717, 1.165) is 59.8 Å². The van der Waals surface area contributed by atoms with E-state index in [4.69, 9.17) is 4.74 Å². The molecule has 0 unspecified atom stereocenters. The Balaban J connectivity index is 1.64. The fourth-order valence-corrected chi connectivity index (χ4v) is 4.56. The van der Waals surface area contributed by atoms with Crippen LogP contribution in [0.15, 0.2) is 66.7 Å². The van der Waals surface area contributed by atoms with E-state index >= 15 is 0 Å². The molecule has 4 nitrogen and oxygen atoms in total. The molecule has 3 aromatic carbocycles. The lowest BCUT2D eigenvalue weighted by Gasteiger charge is -2.26. The molecule has 0 aliphatic carbocycles. The molecule has 3 aromatic rings. The molecule has 30 heavy (non-hydrogen) atoms. The summed E-state index contributed by atoms with van der Waals surface area (Å²) in [6.07, 6.45) is 2.12. The number of carbonyl (C=O) groups is 1. The first-order chi connectivity index (χ1) is 14.7. The summed E-state index contributed by atoms with van der Waals surface area (Å²) in [5.74, 6) is 1.87. The largest absolute Gasteiger partial charge is 0.454 e. The van der Waals surface area contributed by atoms with Gasteiger partial charge in [0.25, 0.3) is 5.91 Å². The Labute approximate surface area is 177 Å². The van der Waals surface area contributed by atoms with Crippen LogP contribution in [0.25, 0.3) is 0 Å². The number of para-hydroxylation sites is 2. The van der Waals surface area contributed by atoms with Gasteiger partial charge in [-0.1, -0.05) is 48.5 Å². The van der Waals surface area contributed by atoms with E-state index in [9.17, 15) is 4.79 Å². The molecule has 0 bridgehead atoms. The topological polar surface area (TPSA) is 41.6 Å². The van der Waals surface area contributed by atoms with Crippen LogP contribution in [-0.2, 0) is 6.54 Å². The summed E-state index contributed by atoms with van der Waals surface area (Å²) in [6, 6.07) is 22.2. The SMILES string of the molecule is Cc1cc2c(c(C3CCNCC3)c1)Oc1ccccc1N(Cc1ccccc1)C2=O. The van der Waals surface area contributed by atoms with Crippen molar-refractivity contribution in [2.24, 2.45) is 0 Å². The number of ether oxygens (including phenoxy) is 1. The zero-order chi connectivity index (χ0) is 20.5. The molecule has 1 N–H and O–H groups in total. The molecule has 152 valence electrons. The third-order valence-electron chi connectivity index (χ3n) is 6.07. The van der Waals surface area contributed by atoms with Gasteiger partial charge >= 0.3 is 0 Å². The van der Waals surface area contributed by atoms with Gasteiger partial charge in [-0.15, -0.1) is 0 Å². The Hall–Kier alpha value is -3.11. The molecule has 2 aliphatic rings. The summed E-state index contributed by atoms with van der Waals surface area (Å²) in [5, 5.41) is 3.43. The average molecular weight is 399 g/mol. The number of hydrogen-bond acceptors (Lipinski definition) is 3. The Bertz CT molecular complexity index is 1070. The number of carbonyl (C=O) groups excluding carboxylic acids is 1. The van der Waals surface area contributed by atoms with Gasteiger partial charge in [0.15, 0.2) is 5.75 Å². The first-order valence-corrected chi connectivity index (χ1v) is 10.7. The van der Waals surface area contributed by atoms with E-state index in [-0.39, 0.29) is 5.91 Å². The van der Waals surface area contributed by atoms with Crippen molar-refractivity contribution in [1.29, 1.82) is 0 Å². The highest BCUT2D eigenvalue weighted by Gasteiger charge is 2.32. The second kappa shape index (κ2) is 7.96. The highest BCUT2D eigenvalue weighted by atomic mass is 16.5. The van der Waals surface area contributed by atoms with E-state index in [0.29, 0.717) is 18.0 Å². The Morgan fingerprint density at radius 3 is 2.53 bits per heavy atom. The minimum Gasteiger partial charge on any atom is -0.454 e. The lowest BCUT2D eigenvalue weighted by Crippen LogP contribution is -2.30. The number of piperidine rings is 1. The molecule has 1 fully saturated rings. The second-order valence-corrected chi connectivity index (χ2v) is 8.20. The summed E-state index contributed by atoms with van der Waals surface area (Å²) in [7, 11) is 0. The lowest BCUT2D eigenvalue weighted by atomic mass is 9.87. The van der Waals surface area contributed by atoms with Crippen LogP contribution in [0.4, 0.5) is 5.69 Å². The average Bonchev–Trinajstić information content (AvgIpc) is 2.90. The molecule has 0 radical (unpaired) electrons. The maximum Gasteiger partial charge on any atom is 0.262 e. The fraction of sp³-hybridized carbons (Fsp3) is 0.269. The number of nitrogens with one attached hydrogen (secondary N) is 1. The molecule has 4 heteroatoms. The van der Waals surface area contributed by atoms with Gasteiger partial charge < -0.3 is 15.0 Å². The van der Waals surface area contributed by atoms with Crippen molar-refractivity contribution in [3.05, 3.63) is 89.0 Å². The number of hydrogen-bond donors (Lipinski definition) is 1. The van der Waals surface area contributed by atoms with Gasteiger partial charge in [-0.2, -0.15) is 0 Å². The maximum atomic E-state index is 13.8. The van der Waals surface area contributed by atoms with Crippen LogP contribution in [0.5, 0.6) is 11.5 Å². The van der Waals surface area contributed by atoms with Crippen LogP contribution in [0, 0.1) is 6.92 Å². The Morgan fingerprint density at radius 2 is 1.73 bits per heavy atom. The van der Waals surface area contributed by atoms with E-state index in [1.807, 2.05) is 53.4 Å². The molecular weight excluding hydrogens is 372 g/mol. The number of amides is 1. The predicted molar refractivity (Wildman–Crippen MR) is 119 cm³/mol. The summed E-state index contributed by atoms with van der Waals surface area (Å²) >= 11 is 0. The molecule has 1 saturated heterocycles. The fourth-order valence-electron chi connectivity index (χ4n) is 4.56. The van der Waals surface area contributed by atoms with Gasteiger partial charge in [-0.3, -0.25) is 4.79 Å². The third kappa shape index (κ3) is 3.48. The number of aryl methyl sites for hydroxylation is 1. The summed E-state index contributed by atoms with van der Waals surface area (Å²) < 4.78 is 6.50. The molecule has 0 spiro atoms. The Morgan fingerprint density at radius 1 is 1.00 bits per heavy atom. The molecule has 0 saturated carbocycles. The van der Waals surface area contributed by atoms with Crippen LogP contribution in [0.2, 0.25) is 0 Å². The van der Waals surface area contributed by atoms with Gasteiger partial charge in [0, 0.05) is 0 Å². The van der Waals surface area contributed by atoms with Gasteiger partial charge in [0.05, 0.1) is 17.8 Å². The first-order valence-electron chi connectivity index (χ1n) is 10.7. The zero-order valence-corrected chi connectivity index (χ0v) is 17.2. The van der Waals surface area contributed by atoms with Crippen LogP contribution in [0.3, 0.4) is 0 Å². The molecule has 2 heterocycles. The highest BCUT2D eigenvalue weighted by Crippen LogP contribution is 2.44. The van der Waals surface area contributed by atoms with E-state index < -0.39 is 0 Å².